The summed E-state index contributed by atoms with van der Waals surface area (Å²) < 4.78 is 56.6. The summed E-state index contributed by atoms with van der Waals surface area (Å²) in [6.07, 6.45) is 0. The quantitative estimate of drug-likeness (QED) is 0.297. The summed E-state index contributed by atoms with van der Waals surface area (Å²) >= 11 is 1.14. The van der Waals surface area contributed by atoms with Gasteiger partial charge in [0.15, 0.2) is 5.96 Å². The van der Waals surface area contributed by atoms with E-state index in [9.17, 15) is 17.2 Å². The van der Waals surface area contributed by atoms with E-state index in [1.807, 2.05) is 13.8 Å². The SMILES string of the molecule is CCNC(=NCc1cc(C)ccc1OC(F)F)NCCNS(=O)(=O)c1cccs1. The van der Waals surface area contributed by atoms with Crippen LogP contribution in [0.15, 0.2) is 44.9 Å². The molecule has 0 aliphatic heterocycles. The summed E-state index contributed by atoms with van der Waals surface area (Å²) in [5.41, 5.74) is 1.43. The first-order valence-electron chi connectivity index (χ1n) is 8.91. The molecule has 0 saturated carbocycles. The predicted molar refractivity (Wildman–Crippen MR) is 110 cm³/mol. The highest BCUT2D eigenvalue weighted by molar-refractivity contribution is 7.91. The Morgan fingerprint density at radius 3 is 2.69 bits per heavy atom. The highest BCUT2D eigenvalue weighted by atomic mass is 32.2. The van der Waals surface area contributed by atoms with E-state index in [2.05, 4.69) is 25.1 Å². The summed E-state index contributed by atoms with van der Waals surface area (Å²) in [7, 11) is -3.52. The summed E-state index contributed by atoms with van der Waals surface area (Å²) in [5, 5.41) is 7.73. The summed E-state index contributed by atoms with van der Waals surface area (Å²) in [4.78, 5) is 4.37. The van der Waals surface area contributed by atoms with E-state index in [0.717, 1.165) is 16.9 Å². The summed E-state index contributed by atoms with van der Waals surface area (Å²) in [6.45, 7) is 1.99. The molecule has 0 atom stereocenters. The molecule has 29 heavy (non-hydrogen) atoms. The topological polar surface area (TPSA) is 91.8 Å². The average molecular weight is 447 g/mol. The third-order valence-corrected chi connectivity index (χ3v) is 6.51. The van der Waals surface area contributed by atoms with E-state index < -0.39 is 16.6 Å². The normalized spacial score (nSPS) is 12.2. The number of nitrogens with one attached hydrogen (secondary N) is 3. The predicted octanol–water partition coefficient (Wildman–Crippen LogP) is 2.69. The van der Waals surface area contributed by atoms with Crippen LogP contribution in [0, 0.1) is 6.92 Å². The van der Waals surface area contributed by atoms with Gasteiger partial charge >= 0.3 is 6.61 Å². The molecule has 2 rings (SSSR count). The molecule has 0 spiro atoms. The molecule has 3 N–H and O–H groups in total. The second kappa shape index (κ2) is 11.1. The third-order valence-electron chi connectivity index (χ3n) is 3.65. The van der Waals surface area contributed by atoms with Gasteiger partial charge in [-0.1, -0.05) is 23.8 Å². The van der Waals surface area contributed by atoms with Crippen LogP contribution in [-0.4, -0.2) is 40.6 Å². The Kier molecular flexibility index (Phi) is 8.80. The van der Waals surface area contributed by atoms with Gasteiger partial charge in [0.2, 0.25) is 10.0 Å². The fraction of sp³-hybridized carbons (Fsp3) is 0.389. The van der Waals surface area contributed by atoms with Crippen LogP contribution in [0.2, 0.25) is 0 Å². The smallest absolute Gasteiger partial charge is 0.387 e. The van der Waals surface area contributed by atoms with Crippen LogP contribution in [0.4, 0.5) is 8.78 Å². The number of guanidine groups is 1. The molecule has 0 unspecified atom stereocenters. The van der Waals surface area contributed by atoms with Crippen molar-refractivity contribution in [1.82, 2.24) is 15.4 Å². The minimum absolute atomic E-state index is 0.0777. The first kappa shape index (κ1) is 23.0. The summed E-state index contributed by atoms with van der Waals surface area (Å²) in [6, 6.07) is 8.12. The maximum absolute atomic E-state index is 12.6. The number of aryl methyl sites for hydroxylation is 1. The highest BCUT2D eigenvalue weighted by Gasteiger charge is 2.14. The number of alkyl halides is 2. The van der Waals surface area contributed by atoms with Crippen LogP contribution in [-0.2, 0) is 16.6 Å². The number of benzene rings is 1. The van der Waals surface area contributed by atoms with Gasteiger partial charge in [0.05, 0.1) is 6.54 Å². The average Bonchev–Trinajstić information content (AvgIpc) is 3.20. The maximum Gasteiger partial charge on any atom is 0.387 e. The van der Waals surface area contributed by atoms with Crippen LogP contribution in [0.1, 0.15) is 18.1 Å². The molecule has 2 aromatic rings. The first-order valence-corrected chi connectivity index (χ1v) is 11.3. The van der Waals surface area contributed by atoms with Crippen molar-refractivity contribution in [2.24, 2.45) is 4.99 Å². The van der Waals surface area contributed by atoms with Gasteiger partial charge in [0.25, 0.3) is 0 Å². The molecule has 0 amide bonds. The second-order valence-corrected chi connectivity index (χ2v) is 8.88. The van der Waals surface area contributed by atoms with Gasteiger partial charge in [-0.3, -0.25) is 0 Å². The Balaban J connectivity index is 1.95. The molecular formula is C18H24F2N4O3S2. The van der Waals surface area contributed by atoms with Crippen molar-refractivity contribution in [3.8, 4) is 5.75 Å². The monoisotopic (exact) mass is 446 g/mol. The number of ether oxygens (including phenoxy) is 1. The Bertz CT molecular complexity index is 904. The Morgan fingerprint density at radius 2 is 2.03 bits per heavy atom. The van der Waals surface area contributed by atoms with Crippen LogP contribution in [0.3, 0.4) is 0 Å². The molecule has 0 saturated heterocycles. The molecule has 0 bridgehead atoms. The molecule has 7 nitrogen and oxygen atoms in total. The lowest BCUT2D eigenvalue weighted by Crippen LogP contribution is -2.41. The van der Waals surface area contributed by atoms with E-state index in [1.165, 1.54) is 12.1 Å². The van der Waals surface area contributed by atoms with E-state index in [1.54, 1.807) is 23.6 Å². The molecule has 0 fully saturated rings. The van der Waals surface area contributed by atoms with Crippen molar-refractivity contribution in [1.29, 1.82) is 0 Å². The summed E-state index contributed by atoms with van der Waals surface area (Å²) in [5.74, 6) is 0.515. The van der Waals surface area contributed by atoms with Crippen LogP contribution in [0.5, 0.6) is 5.75 Å². The van der Waals surface area contributed by atoms with E-state index in [4.69, 9.17) is 0 Å². The zero-order chi connectivity index (χ0) is 21.3. The maximum atomic E-state index is 12.6. The van der Waals surface area contributed by atoms with Crippen LogP contribution < -0.4 is 20.1 Å². The zero-order valence-corrected chi connectivity index (χ0v) is 17.7. The van der Waals surface area contributed by atoms with Crippen molar-refractivity contribution in [2.75, 3.05) is 19.6 Å². The lowest BCUT2D eigenvalue weighted by atomic mass is 10.1. The van der Waals surface area contributed by atoms with Crippen molar-refractivity contribution in [3.05, 3.63) is 46.8 Å². The van der Waals surface area contributed by atoms with Gasteiger partial charge < -0.3 is 15.4 Å². The fourth-order valence-electron chi connectivity index (χ4n) is 2.40. The lowest BCUT2D eigenvalue weighted by molar-refractivity contribution is -0.0504. The minimum atomic E-state index is -3.52. The molecule has 1 heterocycles. The third kappa shape index (κ3) is 7.59. The highest BCUT2D eigenvalue weighted by Crippen LogP contribution is 2.23. The van der Waals surface area contributed by atoms with Gasteiger partial charge in [0.1, 0.15) is 9.96 Å². The number of aliphatic imine (C=N–C) groups is 1. The minimum Gasteiger partial charge on any atom is -0.434 e. The van der Waals surface area contributed by atoms with Gasteiger partial charge in [-0.25, -0.2) is 18.1 Å². The molecular weight excluding hydrogens is 422 g/mol. The largest absolute Gasteiger partial charge is 0.434 e. The first-order chi connectivity index (χ1) is 13.8. The van der Waals surface area contributed by atoms with Gasteiger partial charge in [-0.2, -0.15) is 8.78 Å². The van der Waals surface area contributed by atoms with Crippen LogP contribution >= 0.6 is 11.3 Å². The number of sulfonamides is 1. The molecule has 1 aromatic heterocycles. The molecule has 11 heteroatoms. The fourth-order valence-corrected chi connectivity index (χ4v) is 4.47. The molecule has 0 radical (unpaired) electrons. The van der Waals surface area contributed by atoms with Crippen molar-refractivity contribution in [3.63, 3.8) is 0 Å². The van der Waals surface area contributed by atoms with Gasteiger partial charge in [-0.05, 0) is 31.4 Å². The van der Waals surface area contributed by atoms with Crippen molar-refractivity contribution >= 4 is 27.3 Å². The van der Waals surface area contributed by atoms with Crippen LogP contribution in [0.25, 0.3) is 0 Å². The number of halogens is 2. The lowest BCUT2D eigenvalue weighted by Gasteiger charge is -2.13. The van der Waals surface area contributed by atoms with E-state index in [0.29, 0.717) is 24.6 Å². The van der Waals surface area contributed by atoms with Crippen molar-refractivity contribution in [2.45, 2.75) is 31.2 Å². The number of hydrogen-bond donors (Lipinski definition) is 3. The molecule has 0 aliphatic rings. The van der Waals surface area contributed by atoms with Gasteiger partial charge in [0, 0.05) is 25.2 Å². The molecule has 0 aliphatic carbocycles. The Labute approximate surface area is 173 Å². The molecule has 160 valence electrons. The van der Waals surface area contributed by atoms with Crippen molar-refractivity contribution < 1.29 is 21.9 Å². The standard InChI is InChI=1S/C18H24F2N4O3S2/c1-3-21-18(22-8-9-24-29(25,26)16-5-4-10-28-16)23-12-14-11-13(2)6-7-15(14)27-17(19)20/h4-7,10-11,17,24H,3,8-9,12H2,1-2H3,(H2,21,22,23). The Morgan fingerprint density at radius 1 is 1.24 bits per heavy atom. The second-order valence-electron chi connectivity index (χ2n) is 5.94. The zero-order valence-electron chi connectivity index (χ0n) is 16.1. The number of nitrogens with zero attached hydrogens (tertiary/aromatic N) is 1. The number of hydrogen-bond acceptors (Lipinski definition) is 5. The van der Waals surface area contributed by atoms with E-state index >= 15 is 0 Å². The number of thiophene rings is 1. The van der Waals surface area contributed by atoms with E-state index in [-0.39, 0.29) is 23.0 Å². The number of rotatable bonds is 10. The van der Waals surface area contributed by atoms with Gasteiger partial charge in [-0.15, -0.1) is 11.3 Å². The molecule has 1 aromatic carbocycles. The Hall–Kier alpha value is -2.24.